The van der Waals surface area contributed by atoms with Crippen molar-refractivity contribution < 1.29 is 9.53 Å². The van der Waals surface area contributed by atoms with Crippen molar-refractivity contribution in [3.05, 3.63) is 22.7 Å². The lowest BCUT2D eigenvalue weighted by Gasteiger charge is -2.17. The fourth-order valence-electron chi connectivity index (χ4n) is 1.70. The van der Waals surface area contributed by atoms with Crippen LogP contribution in [0.1, 0.15) is 6.42 Å². The molecule has 1 aromatic rings. The molecule has 0 aromatic heterocycles. The molecule has 80 valence electrons. The zero-order valence-corrected chi connectivity index (χ0v) is 10.1. The Morgan fingerprint density at radius 3 is 2.80 bits per heavy atom. The van der Waals surface area contributed by atoms with Gasteiger partial charge in [-0.2, -0.15) is 0 Å². The average molecular weight is 270 g/mol. The van der Waals surface area contributed by atoms with E-state index in [1.807, 2.05) is 18.2 Å². The van der Waals surface area contributed by atoms with Crippen LogP contribution in [0.15, 0.2) is 22.7 Å². The number of carbonyl (C=O) groups is 1. The van der Waals surface area contributed by atoms with Crippen LogP contribution in [0.4, 0.5) is 5.69 Å². The van der Waals surface area contributed by atoms with Crippen LogP contribution in [0.2, 0.25) is 0 Å². The van der Waals surface area contributed by atoms with Crippen LogP contribution in [-0.4, -0.2) is 26.0 Å². The van der Waals surface area contributed by atoms with Crippen molar-refractivity contribution >= 4 is 27.4 Å². The van der Waals surface area contributed by atoms with E-state index in [0.29, 0.717) is 18.7 Å². The van der Waals surface area contributed by atoms with Gasteiger partial charge in [0.25, 0.3) is 0 Å². The predicted octanol–water partition coefficient (Wildman–Crippen LogP) is 2.24. The Morgan fingerprint density at radius 2 is 2.20 bits per heavy atom. The minimum Gasteiger partial charge on any atom is -0.497 e. The van der Waals surface area contributed by atoms with Gasteiger partial charge in [-0.25, -0.2) is 0 Å². The van der Waals surface area contributed by atoms with Crippen LogP contribution in [0.3, 0.4) is 0 Å². The maximum absolute atomic E-state index is 11.2. The maximum atomic E-state index is 11.2. The van der Waals surface area contributed by atoms with Gasteiger partial charge in [0.2, 0.25) is 0 Å². The molecule has 3 nitrogen and oxygen atoms in total. The first-order valence-electron chi connectivity index (χ1n) is 4.80. The quantitative estimate of drug-likeness (QED) is 0.825. The van der Waals surface area contributed by atoms with Gasteiger partial charge >= 0.3 is 0 Å². The van der Waals surface area contributed by atoms with Crippen LogP contribution in [0.25, 0.3) is 0 Å². The topological polar surface area (TPSA) is 29.5 Å². The summed E-state index contributed by atoms with van der Waals surface area (Å²) in [5.74, 6) is 1.10. The van der Waals surface area contributed by atoms with Gasteiger partial charge in [0.15, 0.2) is 5.78 Å². The summed E-state index contributed by atoms with van der Waals surface area (Å²) in [4.78, 5) is 13.2. The second-order valence-corrected chi connectivity index (χ2v) is 4.48. The normalized spacial score (nSPS) is 15.9. The highest BCUT2D eigenvalue weighted by Crippen LogP contribution is 2.28. The molecule has 0 amide bonds. The van der Waals surface area contributed by atoms with Gasteiger partial charge < -0.3 is 9.64 Å². The van der Waals surface area contributed by atoms with E-state index in [1.165, 1.54) is 0 Å². The summed E-state index contributed by atoms with van der Waals surface area (Å²) in [6.45, 7) is 1.32. The number of hydrogen-bond acceptors (Lipinski definition) is 3. The lowest BCUT2D eigenvalue weighted by atomic mass is 10.3. The second-order valence-electron chi connectivity index (χ2n) is 3.56. The molecule has 0 aliphatic carbocycles. The zero-order chi connectivity index (χ0) is 10.8. The Morgan fingerprint density at radius 1 is 1.40 bits per heavy atom. The van der Waals surface area contributed by atoms with Gasteiger partial charge in [-0.3, -0.25) is 4.79 Å². The number of nitrogens with zero attached hydrogens (tertiary/aromatic N) is 1. The SMILES string of the molecule is COc1cc(Br)cc(N2CCC(=O)C2)c1. The molecule has 0 atom stereocenters. The molecule has 1 aliphatic rings. The molecule has 15 heavy (non-hydrogen) atoms. The summed E-state index contributed by atoms with van der Waals surface area (Å²) in [6.07, 6.45) is 0.648. The summed E-state index contributed by atoms with van der Waals surface area (Å²) in [7, 11) is 1.64. The summed E-state index contributed by atoms with van der Waals surface area (Å²) < 4.78 is 6.15. The molecule has 1 saturated heterocycles. The van der Waals surface area contributed by atoms with Gasteiger partial charge in [0.05, 0.1) is 13.7 Å². The third kappa shape index (κ3) is 2.31. The number of benzene rings is 1. The molecule has 2 rings (SSSR count). The first-order valence-corrected chi connectivity index (χ1v) is 5.59. The molecule has 0 bridgehead atoms. The summed E-state index contributed by atoms with van der Waals surface area (Å²) in [5.41, 5.74) is 1.03. The van der Waals surface area contributed by atoms with Crippen LogP contribution in [0.5, 0.6) is 5.75 Å². The number of ether oxygens (including phenoxy) is 1. The van der Waals surface area contributed by atoms with Gasteiger partial charge in [-0.15, -0.1) is 0 Å². The molecule has 0 unspecified atom stereocenters. The highest BCUT2D eigenvalue weighted by Gasteiger charge is 2.20. The van der Waals surface area contributed by atoms with Gasteiger partial charge in [0, 0.05) is 29.2 Å². The Bertz CT molecular complexity index is 392. The Labute approximate surface area is 97.2 Å². The first-order chi connectivity index (χ1) is 7.19. The van der Waals surface area contributed by atoms with Crippen molar-refractivity contribution in [1.29, 1.82) is 0 Å². The van der Waals surface area contributed by atoms with Gasteiger partial charge in [-0.05, 0) is 12.1 Å². The first kappa shape index (κ1) is 10.5. The number of carbonyl (C=O) groups excluding carboxylic acids is 1. The van der Waals surface area contributed by atoms with E-state index in [9.17, 15) is 4.79 Å². The molecule has 0 spiro atoms. The van der Waals surface area contributed by atoms with Crippen molar-refractivity contribution in [3.8, 4) is 5.75 Å². The summed E-state index contributed by atoms with van der Waals surface area (Å²) in [5, 5.41) is 0. The standard InChI is InChI=1S/C11H12BrNO2/c1-15-11-5-8(12)4-9(6-11)13-3-2-10(14)7-13/h4-6H,2-3,7H2,1H3. The van der Waals surface area contributed by atoms with Gasteiger partial charge in [-0.1, -0.05) is 15.9 Å². The molecule has 1 aromatic carbocycles. The molecule has 1 aliphatic heterocycles. The number of ketones is 1. The third-order valence-corrected chi connectivity index (χ3v) is 2.94. The Balaban J connectivity index is 2.27. The Kier molecular flexibility index (Phi) is 2.95. The predicted molar refractivity (Wildman–Crippen MR) is 62.5 cm³/mol. The molecule has 0 radical (unpaired) electrons. The summed E-state index contributed by atoms with van der Waals surface area (Å²) >= 11 is 3.42. The summed E-state index contributed by atoms with van der Waals surface area (Å²) in [6, 6.07) is 5.85. The van der Waals surface area contributed by atoms with E-state index in [-0.39, 0.29) is 0 Å². The molecule has 4 heteroatoms. The molecule has 1 heterocycles. The molecule has 0 saturated carbocycles. The smallest absolute Gasteiger partial charge is 0.153 e. The minimum absolute atomic E-state index is 0.300. The third-order valence-electron chi connectivity index (χ3n) is 2.48. The number of anilines is 1. The van der Waals surface area contributed by atoms with Gasteiger partial charge in [0.1, 0.15) is 5.75 Å². The molecule has 0 N–H and O–H groups in total. The van der Waals surface area contributed by atoms with Crippen LogP contribution in [0, 0.1) is 0 Å². The van der Waals surface area contributed by atoms with Crippen molar-refractivity contribution in [2.75, 3.05) is 25.1 Å². The van der Waals surface area contributed by atoms with Crippen LogP contribution < -0.4 is 9.64 Å². The van der Waals surface area contributed by atoms with E-state index >= 15 is 0 Å². The molecular weight excluding hydrogens is 258 g/mol. The number of Topliss-reactive ketones (excluding diaryl/α,β-unsaturated/α-hetero) is 1. The lowest BCUT2D eigenvalue weighted by Crippen LogP contribution is -2.19. The van der Waals surface area contributed by atoms with Crippen molar-refractivity contribution in [2.45, 2.75) is 6.42 Å². The van der Waals surface area contributed by atoms with E-state index in [1.54, 1.807) is 7.11 Å². The van der Waals surface area contributed by atoms with Crippen LogP contribution in [-0.2, 0) is 4.79 Å². The fraction of sp³-hybridized carbons (Fsp3) is 0.364. The van der Waals surface area contributed by atoms with E-state index in [4.69, 9.17) is 4.74 Å². The average Bonchev–Trinajstić information content (AvgIpc) is 2.64. The second kappa shape index (κ2) is 4.23. The highest BCUT2D eigenvalue weighted by atomic mass is 79.9. The van der Waals surface area contributed by atoms with Crippen molar-refractivity contribution in [3.63, 3.8) is 0 Å². The highest BCUT2D eigenvalue weighted by molar-refractivity contribution is 9.10. The number of halogens is 1. The molecular formula is C11H12BrNO2. The van der Waals surface area contributed by atoms with E-state index < -0.39 is 0 Å². The van der Waals surface area contributed by atoms with Crippen molar-refractivity contribution in [2.24, 2.45) is 0 Å². The fourth-order valence-corrected chi connectivity index (χ4v) is 2.16. The number of rotatable bonds is 2. The Hall–Kier alpha value is -1.03. The van der Waals surface area contributed by atoms with Crippen molar-refractivity contribution in [1.82, 2.24) is 0 Å². The minimum atomic E-state index is 0.300. The molecule has 1 fully saturated rings. The monoisotopic (exact) mass is 269 g/mol. The van der Waals surface area contributed by atoms with E-state index in [2.05, 4.69) is 20.8 Å². The number of methoxy groups -OCH3 is 1. The lowest BCUT2D eigenvalue weighted by molar-refractivity contribution is -0.116. The number of hydrogen-bond donors (Lipinski definition) is 0. The zero-order valence-electron chi connectivity index (χ0n) is 8.50. The van der Waals surface area contributed by atoms with E-state index in [0.717, 1.165) is 22.5 Å². The maximum Gasteiger partial charge on any atom is 0.153 e. The van der Waals surface area contributed by atoms with Crippen LogP contribution >= 0.6 is 15.9 Å². The largest absolute Gasteiger partial charge is 0.497 e.